The Kier molecular flexibility index (Phi) is 6.06. The molecule has 0 aliphatic rings. The Bertz CT molecular complexity index is 1090. The second kappa shape index (κ2) is 8.69. The van der Waals surface area contributed by atoms with E-state index in [4.69, 9.17) is 4.74 Å². The van der Waals surface area contributed by atoms with E-state index in [-0.39, 0.29) is 5.56 Å². The minimum Gasteiger partial charge on any atom is -0.504 e. The van der Waals surface area contributed by atoms with Crippen molar-refractivity contribution in [1.82, 2.24) is 0 Å². The molecule has 0 fully saturated rings. The van der Waals surface area contributed by atoms with E-state index < -0.39 is 29.5 Å². The molecule has 3 rings (SSSR count). The van der Waals surface area contributed by atoms with Gasteiger partial charge in [-0.15, -0.1) is 0 Å². The molecule has 3 aromatic rings. The Labute approximate surface area is 174 Å². The molecule has 0 radical (unpaired) electrons. The number of anilines is 1. The molecule has 0 saturated carbocycles. The lowest BCUT2D eigenvalue weighted by Gasteiger charge is -2.19. The number of carbonyl (C=O) groups excluding carboxylic acids is 2. The lowest BCUT2D eigenvalue weighted by atomic mass is 10.1. The Hall–Kier alpha value is -3.80. The number of rotatable bonds is 5. The van der Waals surface area contributed by atoms with Crippen molar-refractivity contribution in [3.05, 3.63) is 88.5 Å². The quantitative estimate of drug-likeness (QED) is 0.427. The molecule has 30 heavy (non-hydrogen) atoms. The third kappa shape index (κ3) is 4.43. The minimum absolute atomic E-state index is 0.224. The van der Waals surface area contributed by atoms with Crippen LogP contribution >= 0.6 is 0 Å². The van der Waals surface area contributed by atoms with Crippen molar-refractivity contribution >= 4 is 17.6 Å². The van der Waals surface area contributed by atoms with Crippen LogP contribution in [0.5, 0.6) is 11.5 Å². The number of nitrogens with one attached hydrogen (secondary N) is 1. The standard InChI is InChI=1S/C24H23NO5/c1-14-9-10-15(2)19(13-14)25-23(28)22(17-7-5-4-6-8-17)30-24(29)18-12-11-16(3)20(26)21(18)27/h4-13,22,26-27H,1-3H3,(H,25,28)/t22-/m1/s1. The topological polar surface area (TPSA) is 95.9 Å². The van der Waals surface area contributed by atoms with Crippen LogP contribution in [0.1, 0.15) is 38.7 Å². The normalized spacial score (nSPS) is 11.6. The van der Waals surface area contributed by atoms with Gasteiger partial charge in [-0.05, 0) is 49.6 Å². The third-order valence-corrected chi connectivity index (χ3v) is 4.79. The van der Waals surface area contributed by atoms with Crippen LogP contribution in [0.15, 0.2) is 60.7 Å². The van der Waals surface area contributed by atoms with Gasteiger partial charge in [0, 0.05) is 11.3 Å². The molecule has 0 aliphatic heterocycles. The van der Waals surface area contributed by atoms with Gasteiger partial charge in [0.05, 0.1) is 0 Å². The average molecular weight is 405 g/mol. The number of hydrogen-bond donors (Lipinski definition) is 3. The highest BCUT2D eigenvalue weighted by atomic mass is 16.5. The number of aryl methyl sites for hydroxylation is 3. The number of benzene rings is 3. The summed E-state index contributed by atoms with van der Waals surface area (Å²) in [5.74, 6) is -2.44. The van der Waals surface area contributed by atoms with Crippen molar-refractivity contribution in [3.63, 3.8) is 0 Å². The van der Waals surface area contributed by atoms with E-state index >= 15 is 0 Å². The molecule has 1 amide bonds. The van der Waals surface area contributed by atoms with Crippen molar-refractivity contribution in [1.29, 1.82) is 0 Å². The molecular weight excluding hydrogens is 382 g/mol. The molecule has 1 atom stereocenters. The zero-order valence-electron chi connectivity index (χ0n) is 17.0. The van der Waals surface area contributed by atoms with E-state index in [1.165, 1.54) is 12.1 Å². The maximum Gasteiger partial charge on any atom is 0.343 e. The van der Waals surface area contributed by atoms with Gasteiger partial charge in [0.2, 0.25) is 6.10 Å². The van der Waals surface area contributed by atoms with Crippen molar-refractivity contribution < 1.29 is 24.5 Å². The summed E-state index contributed by atoms with van der Waals surface area (Å²) in [4.78, 5) is 25.8. The molecule has 0 bridgehead atoms. The summed E-state index contributed by atoms with van der Waals surface area (Å²) in [6, 6.07) is 17.1. The van der Waals surface area contributed by atoms with Gasteiger partial charge in [-0.3, -0.25) is 4.79 Å². The molecule has 0 aliphatic carbocycles. The van der Waals surface area contributed by atoms with Gasteiger partial charge in [-0.2, -0.15) is 0 Å². The van der Waals surface area contributed by atoms with Crippen LogP contribution in [0.2, 0.25) is 0 Å². The maximum atomic E-state index is 13.0. The molecule has 3 aromatic carbocycles. The molecule has 0 saturated heterocycles. The largest absolute Gasteiger partial charge is 0.504 e. The van der Waals surface area contributed by atoms with E-state index in [0.717, 1.165) is 11.1 Å². The summed E-state index contributed by atoms with van der Waals surface area (Å²) < 4.78 is 5.48. The first-order valence-electron chi connectivity index (χ1n) is 9.43. The molecule has 3 N–H and O–H groups in total. The minimum atomic E-state index is -1.25. The number of phenolic OH excluding ortho intramolecular Hbond substituents is 2. The van der Waals surface area contributed by atoms with Crippen LogP contribution in [-0.4, -0.2) is 22.1 Å². The molecule has 6 heteroatoms. The van der Waals surface area contributed by atoms with Crippen molar-refractivity contribution in [3.8, 4) is 11.5 Å². The first kappa shape index (κ1) is 20.9. The summed E-state index contributed by atoms with van der Waals surface area (Å²) in [7, 11) is 0. The van der Waals surface area contributed by atoms with Crippen LogP contribution in [-0.2, 0) is 9.53 Å². The number of esters is 1. The van der Waals surface area contributed by atoms with Gasteiger partial charge in [-0.25, -0.2) is 4.79 Å². The van der Waals surface area contributed by atoms with Crippen molar-refractivity contribution in [2.24, 2.45) is 0 Å². The number of carbonyl (C=O) groups is 2. The monoisotopic (exact) mass is 405 g/mol. The number of ether oxygens (including phenoxy) is 1. The summed E-state index contributed by atoms with van der Waals surface area (Å²) >= 11 is 0. The van der Waals surface area contributed by atoms with Crippen molar-refractivity contribution in [2.75, 3.05) is 5.32 Å². The second-order valence-corrected chi connectivity index (χ2v) is 7.13. The molecule has 0 unspecified atom stereocenters. The van der Waals surface area contributed by atoms with Gasteiger partial charge in [0.1, 0.15) is 5.56 Å². The van der Waals surface area contributed by atoms with E-state index in [2.05, 4.69) is 5.32 Å². The van der Waals surface area contributed by atoms with Crippen LogP contribution in [0.4, 0.5) is 5.69 Å². The maximum absolute atomic E-state index is 13.0. The Morgan fingerprint density at radius 1 is 0.867 bits per heavy atom. The van der Waals surface area contributed by atoms with Gasteiger partial charge < -0.3 is 20.3 Å². The van der Waals surface area contributed by atoms with Gasteiger partial charge in [0.15, 0.2) is 11.5 Å². The molecule has 6 nitrogen and oxygen atoms in total. The van der Waals surface area contributed by atoms with Crippen molar-refractivity contribution in [2.45, 2.75) is 26.9 Å². The van der Waals surface area contributed by atoms with E-state index in [0.29, 0.717) is 16.8 Å². The third-order valence-electron chi connectivity index (χ3n) is 4.79. The number of hydrogen-bond acceptors (Lipinski definition) is 5. The number of phenols is 2. The molecule has 0 spiro atoms. The Morgan fingerprint density at radius 3 is 2.23 bits per heavy atom. The SMILES string of the molecule is Cc1ccc(C)c(NC(=O)[C@H](OC(=O)c2ccc(C)c(O)c2O)c2ccccc2)c1. The van der Waals surface area contributed by atoms with Crippen LogP contribution in [0.25, 0.3) is 0 Å². The first-order chi connectivity index (χ1) is 14.3. The predicted molar refractivity (Wildman–Crippen MR) is 114 cm³/mol. The van der Waals surface area contributed by atoms with E-state index in [1.807, 2.05) is 32.0 Å². The first-order valence-corrected chi connectivity index (χ1v) is 9.43. The fraction of sp³-hybridized carbons (Fsp3) is 0.167. The lowest BCUT2D eigenvalue weighted by molar-refractivity contribution is -0.125. The lowest BCUT2D eigenvalue weighted by Crippen LogP contribution is -2.26. The highest BCUT2D eigenvalue weighted by Gasteiger charge is 2.28. The second-order valence-electron chi connectivity index (χ2n) is 7.13. The zero-order valence-corrected chi connectivity index (χ0v) is 17.0. The van der Waals surface area contributed by atoms with Gasteiger partial charge in [0.25, 0.3) is 5.91 Å². The summed E-state index contributed by atoms with van der Waals surface area (Å²) in [6.07, 6.45) is -1.25. The fourth-order valence-electron chi connectivity index (χ4n) is 2.99. The molecule has 0 heterocycles. The fourth-order valence-corrected chi connectivity index (χ4v) is 2.99. The Morgan fingerprint density at radius 2 is 1.53 bits per heavy atom. The predicted octanol–water partition coefficient (Wildman–Crippen LogP) is 4.56. The van der Waals surface area contributed by atoms with Crippen LogP contribution in [0.3, 0.4) is 0 Å². The zero-order chi connectivity index (χ0) is 21.8. The van der Waals surface area contributed by atoms with Gasteiger partial charge in [-0.1, -0.05) is 48.5 Å². The molecule has 0 aromatic heterocycles. The Balaban J connectivity index is 1.92. The smallest absolute Gasteiger partial charge is 0.343 e. The van der Waals surface area contributed by atoms with E-state index in [1.54, 1.807) is 37.3 Å². The molecule has 154 valence electrons. The number of aromatic hydroxyl groups is 2. The van der Waals surface area contributed by atoms with Crippen LogP contribution in [0, 0.1) is 20.8 Å². The van der Waals surface area contributed by atoms with E-state index in [9.17, 15) is 19.8 Å². The summed E-state index contributed by atoms with van der Waals surface area (Å²) in [6.45, 7) is 5.37. The highest BCUT2D eigenvalue weighted by Crippen LogP contribution is 2.33. The summed E-state index contributed by atoms with van der Waals surface area (Å²) in [5.41, 5.74) is 3.13. The highest BCUT2D eigenvalue weighted by molar-refractivity contribution is 5.99. The van der Waals surface area contributed by atoms with Crippen LogP contribution < -0.4 is 5.32 Å². The van der Waals surface area contributed by atoms with Gasteiger partial charge >= 0.3 is 5.97 Å². The molecular formula is C24H23NO5. The number of amides is 1. The average Bonchev–Trinajstić information content (AvgIpc) is 2.73. The summed E-state index contributed by atoms with van der Waals surface area (Å²) in [5, 5.41) is 22.8.